The van der Waals surface area contributed by atoms with Crippen molar-refractivity contribution in [2.24, 2.45) is 10.8 Å². The van der Waals surface area contributed by atoms with E-state index in [1.54, 1.807) is 30.0 Å². The van der Waals surface area contributed by atoms with Gasteiger partial charge >= 0.3 is 5.97 Å². The molecule has 4 atom stereocenters. The summed E-state index contributed by atoms with van der Waals surface area (Å²) in [5.74, 6) is -1.96. The first kappa shape index (κ1) is 29.0. The van der Waals surface area contributed by atoms with Crippen LogP contribution >= 0.6 is 23.2 Å². The van der Waals surface area contributed by atoms with Gasteiger partial charge < -0.3 is 15.3 Å². The fraction of sp³-hybridized carbons (Fsp3) is 0.483. The number of piperidine rings is 1. The van der Waals surface area contributed by atoms with E-state index in [4.69, 9.17) is 23.2 Å². The Morgan fingerprint density at radius 1 is 1.11 bits per heavy atom. The van der Waals surface area contributed by atoms with Crippen LogP contribution in [0.4, 0.5) is 0 Å². The number of nitrogens with one attached hydrogen (secondary N) is 1. The summed E-state index contributed by atoms with van der Waals surface area (Å²) in [6.07, 6.45) is 0.326. The quantitative estimate of drug-likeness (QED) is 0.397. The highest BCUT2D eigenvalue weighted by Crippen LogP contribution is 2.52. The molecule has 1 aliphatic heterocycles. The summed E-state index contributed by atoms with van der Waals surface area (Å²) in [6, 6.07) is 13.4. The van der Waals surface area contributed by atoms with Crippen LogP contribution in [-0.2, 0) is 14.4 Å². The number of carboxylic acids is 1. The molecule has 2 aromatic rings. The average molecular weight is 548 g/mol. The number of hydrogen-bond acceptors (Lipinski definition) is 3. The Morgan fingerprint density at radius 2 is 1.76 bits per heavy atom. The summed E-state index contributed by atoms with van der Waals surface area (Å²) >= 11 is 12.6. The van der Waals surface area contributed by atoms with Crippen LogP contribution in [0.15, 0.2) is 48.5 Å². The van der Waals surface area contributed by atoms with Crippen LogP contribution in [0, 0.1) is 10.8 Å². The maximum Gasteiger partial charge on any atom is 0.304 e. The van der Waals surface area contributed by atoms with E-state index in [9.17, 15) is 19.5 Å². The third-order valence-electron chi connectivity index (χ3n) is 6.95. The topological polar surface area (TPSA) is 86.7 Å². The highest BCUT2D eigenvalue weighted by Gasteiger charge is 2.53. The van der Waals surface area contributed by atoms with Crippen molar-refractivity contribution < 1.29 is 19.5 Å². The first-order valence-electron chi connectivity index (χ1n) is 12.6. The summed E-state index contributed by atoms with van der Waals surface area (Å²) in [4.78, 5) is 41.3. The Hall–Kier alpha value is -2.57. The molecule has 2 N–H and O–H groups in total. The molecule has 3 rings (SSSR count). The van der Waals surface area contributed by atoms with Crippen molar-refractivity contribution in [2.75, 3.05) is 6.54 Å². The number of aliphatic carboxylic acids is 1. The number of rotatable bonds is 8. The van der Waals surface area contributed by atoms with Gasteiger partial charge in [-0.3, -0.25) is 14.4 Å². The third kappa shape index (κ3) is 6.85. The van der Waals surface area contributed by atoms with E-state index in [0.29, 0.717) is 29.4 Å². The van der Waals surface area contributed by atoms with Crippen LogP contribution in [0.1, 0.15) is 77.0 Å². The van der Waals surface area contributed by atoms with E-state index < -0.39 is 23.5 Å². The molecule has 0 saturated carbocycles. The predicted octanol–water partition coefficient (Wildman–Crippen LogP) is 6.47. The monoisotopic (exact) mass is 546 g/mol. The van der Waals surface area contributed by atoms with E-state index in [-0.39, 0.29) is 29.6 Å². The second kappa shape index (κ2) is 11.4. The van der Waals surface area contributed by atoms with Crippen molar-refractivity contribution in [3.63, 3.8) is 0 Å². The van der Waals surface area contributed by atoms with Crippen LogP contribution in [0.25, 0.3) is 0 Å². The first-order valence-corrected chi connectivity index (χ1v) is 13.3. The highest BCUT2D eigenvalue weighted by molar-refractivity contribution is 6.30. The number of carbonyl (C=O) groups excluding carboxylic acids is 2. The smallest absolute Gasteiger partial charge is 0.304 e. The Kier molecular flexibility index (Phi) is 8.97. The van der Waals surface area contributed by atoms with Gasteiger partial charge in [0.1, 0.15) is 6.04 Å². The minimum atomic E-state index is -1.21. The molecule has 8 heteroatoms. The predicted molar refractivity (Wildman–Crippen MR) is 147 cm³/mol. The maximum absolute atomic E-state index is 14.2. The zero-order valence-corrected chi connectivity index (χ0v) is 23.6. The van der Waals surface area contributed by atoms with Crippen molar-refractivity contribution in [3.05, 3.63) is 69.7 Å². The molecule has 0 radical (unpaired) electrons. The molecule has 200 valence electrons. The number of hydrogen-bond donors (Lipinski definition) is 2. The van der Waals surface area contributed by atoms with Gasteiger partial charge in [0.05, 0.1) is 17.9 Å². The van der Waals surface area contributed by atoms with Crippen molar-refractivity contribution in [1.82, 2.24) is 10.2 Å². The number of nitrogens with zero attached hydrogens (tertiary/aromatic N) is 1. The second-order valence-electron chi connectivity index (χ2n) is 11.4. The summed E-state index contributed by atoms with van der Waals surface area (Å²) in [5.41, 5.74) is 0.351. The van der Waals surface area contributed by atoms with Crippen molar-refractivity contribution >= 4 is 41.0 Å². The van der Waals surface area contributed by atoms with Gasteiger partial charge in [-0.1, -0.05) is 82.1 Å². The Bertz CT molecular complexity index is 1150. The zero-order valence-electron chi connectivity index (χ0n) is 22.1. The van der Waals surface area contributed by atoms with Crippen molar-refractivity contribution in [1.29, 1.82) is 0 Å². The fourth-order valence-electron chi connectivity index (χ4n) is 5.20. The molecule has 1 heterocycles. The lowest BCUT2D eigenvalue weighted by Gasteiger charge is -2.51. The highest BCUT2D eigenvalue weighted by atomic mass is 35.5. The van der Waals surface area contributed by atoms with Gasteiger partial charge in [-0.25, -0.2) is 0 Å². The molecule has 1 aliphatic rings. The molecule has 0 bridgehead atoms. The lowest BCUT2D eigenvalue weighted by Crippen LogP contribution is -2.59. The molecule has 6 nitrogen and oxygen atoms in total. The Labute approximate surface area is 229 Å². The van der Waals surface area contributed by atoms with E-state index in [1.165, 1.54) is 0 Å². The average Bonchev–Trinajstić information content (AvgIpc) is 2.80. The van der Waals surface area contributed by atoms with Gasteiger partial charge in [-0.2, -0.15) is 0 Å². The fourth-order valence-corrected chi connectivity index (χ4v) is 5.53. The number of carbonyl (C=O) groups is 3. The Balaban J connectivity index is 2.21. The van der Waals surface area contributed by atoms with Gasteiger partial charge in [0.15, 0.2) is 0 Å². The van der Waals surface area contributed by atoms with Crippen molar-refractivity contribution in [3.8, 4) is 0 Å². The molecular weight excluding hydrogens is 511 g/mol. The molecule has 0 aliphatic carbocycles. The molecule has 1 unspecified atom stereocenters. The molecular formula is C29H36Cl2N2O4. The summed E-state index contributed by atoms with van der Waals surface area (Å²) < 4.78 is 0. The number of likely N-dealkylation sites (tertiary alicyclic amines) is 1. The van der Waals surface area contributed by atoms with Crippen LogP contribution in [0.3, 0.4) is 0 Å². The molecule has 1 saturated heterocycles. The number of halogens is 2. The van der Waals surface area contributed by atoms with Gasteiger partial charge in [0.25, 0.3) is 0 Å². The lowest BCUT2D eigenvalue weighted by atomic mass is 9.67. The third-order valence-corrected chi connectivity index (χ3v) is 7.44. The lowest BCUT2D eigenvalue weighted by molar-refractivity contribution is -0.163. The van der Waals surface area contributed by atoms with Crippen LogP contribution in [0.2, 0.25) is 10.0 Å². The normalized spacial score (nSPS) is 23.0. The first-order chi connectivity index (χ1) is 17.3. The van der Waals surface area contributed by atoms with Gasteiger partial charge in [-0.05, 0) is 53.6 Å². The van der Waals surface area contributed by atoms with Crippen LogP contribution < -0.4 is 5.32 Å². The molecule has 2 aromatic carbocycles. The van der Waals surface area contributed by atoms with E-state index in [2.05, 4.69) is 5.32 Å². The van der Waals surface area contributed by atoms with Gasteiger partial charge in [0, 0.05) is 22.5 Å². The summed E-state index contributed by atoms with van der Waals surface area (Å²) in [6.45, 7) is 10.1. The maximum atomic E-state index is 14.2. The molecule has 2 amide bonds. The van der Waals surface area contributed by atoms with Gasteiger partial charge in [0.2, 0.25) is 11.8 Å². The van der Waals surface area contributed by atoms with E-state index in [0.717, 1.165) is 11.1 Å². The standard InChI is InChI=1S/C29H36Cl2N2O4/c1-6-23(26(36)32-17-28(2,3)4)33-25(18-10-12-20(30)13-11-18)22(19-8-7-9-21(31)14-19)15-29(5,27(33)37)16-24(34)35/h7-14,22-23,25H,6,15-17H2,1-5H3,(H,32,36)(H,34,35)/t22-,23?,25-,29-/m1/s1. The van der Waals surface area contributed by atoms with E-state index >= 15 is 0 Å². The van der Waals surface area contributed by atoms with E-state index in [1.807, 2.05) is 58.0 Å². The molecule has 1 fully saturated rings. The largest absolute Gasteiger partial charge is 0.481 e. The molecule has 0 spiro atoms. The number of carboxylic acid groups (broad SMARTS) is 1. The second-order valence-corrected chi connectivity index (χ2v) is 12.3. The molecule has 0 aromatic heterocycles. The zero-order chi connectivity index (χ0) is 27.5. The van der Waals surface area contributed by atoms with Crippen LogP contribution in [0.5, 0.6) is 0 Å². The van der Waals surface area contributed by atoms with Crippen molar-refractivity contribution in [2.45, 2.75) is 71.9 Å². The summed E-state index contributed by atoms with van der Waals surface area (Å²) in [7, 11) is 0. The molecule has 37 heavy (non-hydrogen) atoms. The number of amides is 2. The minimum absolute atomic E-state index is 0.142. The number of benzene rings is 2. The SMILES string of the molecule is CCC(C(=O)NCC(C)(C)C)N1C(=O)[C@@](C)(CC(=O)O)C[C@H](c2cccc(Cl)c2)[C@H]1c1ccc(Cl)cc1. The van der Waals surface area contributed by atoms with Gasteiger partial charge in [-0.15, -0.1) is 0 Å². The summed E-state index contributed by atoms with van der Waals surface area (Å²) in [5, 5.41) is 13.9. The van der Waals surface area contributed by atoms with Crippen LogP contribution in [-0.4, -0.2) is 40.4 Å². The minimum Gasteiger partial charge on any atom is -0.481 e. The Morgan fingerprint density at radius 3 is 2.30 bits per heavy atom.